The molecule has 3 aromatic rings. The summed E-state index contributed by atoms with van der Waals surface area (Å²) in [6.07, 6.45) is 3.20. The molecule has 2 nitrogen and oxygen atoms in total. The zero-order valence-corrected chi connectivity index (χ0v) is 10.3. The molecular formula is C16H8F2N2. The van der Waals surface area contributed by atoms with Gasteiger partial charge in [-0.05, 0) is 30.3 Å². The van der Waals surface area contributed by atoms with Gasteiger partial charge in [-0.3, -0.25) is 9.97 Å². The van der Waals surface area contributed by atoms with E-state index in [-0.39, 0.29) is 5.56 Å². The molecule has 0 aliphatic heterocycles. The average molecular weight is 266 g/mol. The van der Waals surface area contributed by atoms with E-state index in [0.29, 0.717) is 11.1 Å². The van der Waals surface area contributed by atoms with Crippen LogP contribution in [0.4, 0.5) is 8.78 Å². The van der Waals surface area contributed by atoms with Crippen LogP contribution in [0.1, 0.15) is 11.1 Å². The second-order valence-corrected chi connectivity index (χ2v) is 4.11. The average Bonchev–Trinajstić information content (AvgIpc) is 2.46. The third-order valence-electron chi connectivity index (χ3n) is 2.75. The number of aromatic nitrogens is 2. The predicted octanol–water partition coefficient (Wildman–Crippen LogP) is 3.31. The minimum Gasteiger partial charge on any atom is -0.255 e. The molecule has 0 unspecified atom stereocenters. The Morgan fingerprint density at radius 3 is 2.45 bits per heavy atom. The second kappa shape index (κ2) is 5.06. The number of hydrogen-bond donors (Lipinski definition) is 0. The molecule has 0 spiro atoms. The van der Waals surface area contributed by atoms with Gasteiger partial charge in [0.25, 0.3) is 0 Å². The highest BCUT2D eigenvalue weighted by atomic mass is 19.1. The SMILES string of the molecule is Fc1cccc(F)c1C#Cc1cnc2cccnc2c1. The molecule has 4 heteroatoms. The maximum absolute atomic E-state index is 13.4. The molecule has 0 aliphatic carbocycles. The quantitative estimate of drug-likeness (QED) is 0.583. The standard InChI is InChI=1S/C16H8F2N2/c17-13-3-1-4-14(18)12(13)7-6-11-9-16-15(20-10-11)5-2-8-19-16/h1-5,8-10H. The first-order valence-corrected chi connectivity index (χ1v) is 5.91. The summed E-state index contributed by atoms with van der Waals surface area (Å²) in [5.74, 6) is 3.84. The second-order valence-electron chi connectivity index (χ2n) is 4.11. The summed E-state index contributed by atoms with van der Waals surface area (Å²) >= 11 is 0. The van der Waals surface area contributed by atoms with Crippen LogP contribution in [0.25, 0.3) is 11.0 Å². The van der Waals surface area contributed by atoms with Gasteiger partial charge in [-0.2, -0.15) is 0 Å². The van der Waals surface area contributed by atoms with Gasteiger partial charge in [-0.25, -0.2) is 8.78 Å². The summed E-state index contributed by atoms with van der Waals surface area (Å²) < 4.78 is 26.9. The zero-order valence-electron chi connectivity index (χ0n) is 10.3. The molecule has 0 saturated heterocycles. The smallest absolute Gasteiger partial charge is 0.141 e. The van der Waals surface area contributed by atoms with Gasteiger partial charge in [0.2, 0.25) is 0 Å². The van der Waals surface area contributed by atoms with E-state index in [1.165, 1.54) is 18.2 Å². The lowest BCUT2D eigenvalue weighted by Crippen LogP contribution is -1.89. The van der Waals surface area contributed by atoms with Crippen molar-refractivity contribution in [1.29, 1.82) is 0 Å². The Hall–Kier alpha value is -2.80. The number of pyridine rings is 2. The largest absolute Gasteiger partial charge is 0.255 e. The fourth-order valence-corrected chi connectivity index (χ4v) is 1.77. The van der Waals surface area contributed by atoms with Crippen LogP contribution < -0.4 is 0 Å². The van der Waals surface area contributed by atoms with Gasteiger partial charge in [0.1, 0.15) is 11.6 Å². The number of nitrogens with zero attached hydrogens (tertiary/aromatic N) is 2. The van der Waals surface area contributed by atoms with Crippen LogP contribution in [-0.2, 0) is 0 Å². The van der Waals surface area contributed by atoms with Crippen LogP contribution in [0.2, 0.25) is 0 Å². The van der Waals surface area contributed by atoms with Gasteiger partial charge in [-0.15, -0.1) is 0 Å². The van der Waals surface area contributed by atoms with Gasteiger partial charge in [0, 0.05) is 18.0 Å². The van der Waals surface area contributed by atoms with Gasteiger partial charge in [0.15, 0.2) is 0 Å². The van der Waals surface area contributed by atoms with E-state index in [2.05, 4.69) is 21.8 Å². The lowest BCUT2D eigenvalue weighted by atomic mass is 10.1. The van der Waals surface area contributed by atoms with Crippen molar-refractivity contribution in [2.75, 3.05) is 0 Å². The van der Waals surface area contributed by atoms with E-state index in [1.54, 1.807) is 24.5 Å². The molecule has 96 valence electrons. The van der Waals surface area contributed by atoms with Crippen LogP contribution in [-0.4, -0.2) is 9.97 Å². The van der Waals surface area contributed by atoms with Crippen LogP contribution in [0.5, 0.6) is 0 Å². The molecule has 0 saturated carbocycles. The molecule has 0 fully saturated rings. The Morgan fingerprint density at radius 1 is 0.850 bits per heavy atom. The van der Waals surface area contributed by atoms with Crippen molar-refractivity contribution in [2.24, 2.45) is 0 Å². The Morgan fingerprint density at radius 2 is 1.65 bits per heavy atom. The van der Waals surface area contributed by atoms with Crippen molar-refractivity contribution >= 4 is 11.0 Å². The summed E-state index contributed by atoms with van der Waals surface area (Å²) in [5, 5.41) is 0. The molecule has 1 aromatic carbocycles. The van der Waals surface area contributed by atoms with E-state index in [9.17, 15) is 8.78 Å². The molecule has 0 aliphatic rings. The van der Waals surface area contributed by atoms with Crippen LogP contribution in [0.15, 0.2) is 48.8 Å². The first-order valence-electron chi connectivity index (χ1n) is 5.91. The molecule has 0 bridgehead atoms. The van der Waals surface area contributed by atoms with E-state index < -0.39 is 11.6 Å². The summed E-state index contributed by atoms with van der Waals surface area (Å²) in [7, 11) is 0. The van der Waals surface area contributed by atoms with Gasteiger partial charge >= 0.3 is 0 Å². The molecule has 0 atom stereocenters. The highest BCUT2D eigenvalue weighted by Gasteiger charge is 2.04. The topological polar surface area (TPSA) is 25.8 Å². The number of fused-ring (bicyclic) bond motifs is 1. The maximum Gasteiger partial charge on any atom is 0.141 e. The van der Waals surface area contributed by atoms with E-state index in [4.69, 9.17) is 0 Å². The summed E-state index contributed by atoms with van der Waals surface area (Å²) in [6.45, 7) is 0. The maximum atomic E-state index is 13.4. The number of rotatable bonds is 0. The minimum absolute atomic E-state index is 0.242. The van der Waals surface area contributed by atoms with Gasteiger partial charge in [-0.1, -0.05) is 17.9 Å². The molecule has 0 radical (unpaired) electrons. The summed E-state index contributed by atoms with van der Waals surface area (Å²) in [6, 6.07) is 9.00. The lowest BCUT2D eigenvalue weighted by Gasteiger charge is -1.97. The Bertz CT molecular complexity index is 827. The third-order valence-corrected chi connectivity index (χ3v) is 2.75. The molecule has 0 N–H and O–H groups in total. The summed E-state index contributed by atoms with van der Waals surface area (Å²) in [4.78, 5) is 8.34. The monoisotopic (exact) mass is 266 g/mol. The van der Waals surface area contributed by atoms with Crippen LogP contribution in [0, 0.1) is 23.5 Å². The molecule has 20 heavy (non-hydrogen) atoms. The van der Waals surface area contributed by atoms with Crippen molar-refractivity contribution in [3.05, 3.63) is 71.6 Å². The zero-order chi connectivity index (χ0) is 13.9. The van der Waals surface area contributed by atoms with Crippen molar-refractivity contribution in [3.63, 3.8) is 0 Å². The highest BCUT2D eigenvalue weighted by molar-refractivity contribution is 5.75. The van der Waals surface area contributed by atoms with Crippen LogP contribution in [0.3, 0.4) is 0 Å². The molecule has 3 rings (SSSR count). The number of benzene rings is 1. The highest BCUT2D eigenvalue weighted by Crippen LogP contribution is 2.12. The van der Waals surface area contributed by atoms with E-state index >= 15 is 0 Å². The fraction of sp³-hybridized carbons (Fsp3) is 0. The Balaban J connectivity index is 2.04. The minimum atomic E-state index is -0.677. The third kappa shape index (κ3) is 2.34. The first-order chi connectivity index (χ1) is 9.74. The van der Waals surface area contributed by atoms with E-state index in [0.717, 1.165) is 5.52 Å². The Kier molecular flexibility index (Phi) is 3.10. The Labute approximate surface area is 114 Å². The summed E-state index contributed by atoms with van der Waals surface area (Å²) in [5.41, 5.74) is 1.75. The van der Waals surface area contributed by atoms with Gasteiger partial charge in [0.05, 0.1) is 16.6 Å². The van der Waals surface area contributed by atoms with Crippen molar-refractivity contribution in [2.45, 2.75) is 0 Å². The fourth-order valence-electron chi connectivity index (χ4n) is 1.77. The number of halogens is 2. The molecule has 0 amide bonds. The molecule has 2 heterocycles. The lowest BCUT2D eigenvalue weighted by molar-refractivity contribution is 0.577. The van der Waals surface area contributed by atoms with Crippen molar-refractivity contribution < 1.29 is 8.78 Å². The normalized spacial score (nSPS) is 10.1. The van der Waals surface area contributed by atoms with Crippen molar-refractivity contribution in [1.82, 2.24) is 9.97 Å². The molecular weight excluding hydrogens is 258 g/mol. The predicted molar refractivity (Wildman–Crippen MR) is 71.9 cm³/mol. The van der Waals surface area contributed by atoms with Crippen LogP contribution >= 0.6 is 0 Å². The van der Waals surface area contributed by atoms with Gasteiger partial charge < -0.3 is 0 Å². The van der Waals surface area contributed by atoms with Crippen molar-refractivity contribution in [3.8, 4) is 11.8 Å². The van der Waals surface area contributed by atoms with E-state index in [1.807, 2.05) is 6.07 Å². The first kappa shape index (κ1) is 12.2. The number of hydrogen-bond acceptors (Lipinski definition) is 2. The molecule has 2 aromatic heterocycles.